The summed E-state index contributed by atoms with van der Waals surface area (Å²) in [6.07, 6.45) is 0. The monoisotopic (exact) mass is 131 g/mol. The van der Waals surface area contributed by atoms with Gasteiger partial charge in [0.05, 0.1) is 6.61 Å². The fourth-order valence-corrected chi connectivity index (χ4v) is 0.465. The van der Waals surface area contributed by atoms with Crippen molar-refractivity contribution in [1.29, 1.82) is 0 Å². The topological polar surface area (TPSA) is 32.2 Å². The second-order valence-electron chi connectivity index (χ2n) is 2.04. The molecule has 0 aliphatic rings. The zero-order chi connectivity index (χ0) is 7.28. The molecule has 0 bridgehead atoms. The van der Waals surface area contributed by atoms with Crippen LogP contribution in [0.5, 0.6) is 0 Å². The number of hydrogen-bond acceptors (Lipinski definition) is 3. The summed E-state index contributed by atoms with van der Waals surface area (Å²) in [5.41, 5.74) is 0. The lowest BCUT2D eigenvalue weighted by Gasteiger charge is -1.99. The van der Waals surface area contributed by atoms with Gasteiger partial charge < -0.3 is 4.74 Å². The van der Waals surface area contributed by atoms with E-state index in [1.54, 1.807) is 11.8 Å². The number of nitrogens with zero attached hydrogens (tertiary/aromatic N) is 1. The molecule has 0 aliphatic carbocycles. The lowest BCUT2D eigenvalue weighted by molar-refractivity contribution is -0.142. The fourth-order valence-electron chi connectivity index (χ4n) is 0.465. The molecule has 0 aromatic carbocycles. The van der Waals surface area contributed by atoms with Crippen LogP contribution in [0.3, 0.4) is 0 Å². The Morgan fingerprint density at radius 1 is 1.56 bits per heavy atom. The minimum absolute atomic E-state index is 0.164. The number of esters is 1. The first-order chi connectivity index (χ1) is 4.16. The zero-order valence-corrected chi connectivity index (χ0v) is 6.18. The smallest absolute Gasteiger partial charge is 0.366 e. The average Bonchev–Trinajstić information content (AvgIpc) is 1.63. The van der Waals surface area contributed by atoms with E-state index in [4.69, 9.17) is 0 Å². The summed E-state index contributed by atoms with van der Waals surface area (Å²) in [6.45, 7) is 2.63. The summed E-state index contributed by atoms with van der Waals surface area (Å²) in [5.74, 6) is -0.164. The maximum absolute atomic E-state index is 10.6. The molecule has 0 aromatic heterocycles. The van der Waals surface area contributed by atoms with Crippen LogP contribution in [0.15, 0.2) is 0 Å². The second-order valence-corrected chi connectivity index (χ2v) is 2.04. The van der Waals surface area contributed by atoms with E-state index in [1.807, 2.05) is 14.1 Å². The maximum Gasteiger partial charge on any atom is 0.366 e. The van der Waals surface area contributed by atoms with E-state index < -0.39 is 0 Å². The molecule has 0 fully saturated rings. The molecule has 3 heteroatoms. The van der Waals surface area contributed by atoms with Gasteiger partial charge in [-0.25, -0.2) is 4.79 Å². The third-order valence-electron chi connectivity index (χ3n) is 0.751. The summed E-state index contributed by atoms with van der Waals surface area (Å²) < 4.78 is 4.67. The first-order valence-electron chi connectivity index (χ1n) is 2.97. The molecule has 3 nitrogen and oxygen atoms in total. The van der Waals surface area contributed by atoms with Crippen LogP contribution in [0.1, 0.15) is 6.92 Å². The lowest BCUT2D eigenvalue weighted by Crippen LogP contribution is -2.28. The van der Waals surface area contributed by atoms with Gasteiger partial charge in [-0.3, -0.25) is 0 Å². The van der Waals surface area contributed by atoms with Gasteiger partial charge in [-0.15, -0.1) is 0 Å². The summed E-state index contributed by atoms with van der Waals surface area (Å²) in [4.78, 5) is 12.4. The Balaban J connectivity index is 3.27. The van der Waals surface area contributed by atoms with E-state index in [0.717, 1.165) is 0 Å². The Morgan fingerprint density at radius 3 is 2.44 bits per heavy atom. The molecule has 0 amide bonds. The molecule has 0 saturated heterocycles. The zero-order valence-electron chi connectivity index (χ0n) is 6.18. The normalized spacial score (nSPS) is 9.78. The van der Waals surface area contributed by atoms with Crippen molar-refractivity contribution < 1.29 is 9.53 Å². The molecular formula is C6H13NO2+. The van der Waals surface area contributed by atoms with E-state index in [0.29, 0.717) is 13.2 Å². The van der Waals surface area contributed by atoms with Crippen molar-refractivity contribution in [3.63, 3.8) is 0 Å². The SMILES string of the molecule is CCOC(=O)C[N+](C)C. The van der Waals surface area contributed by atoms with Gasteiger partial charge in [0.2, 0.25) is 6.54 Å². The van der Waals surface area contributed by atoms with Gasteiger partial charge in [-0.1, -0.05) is 0 Å². The minimum Gasteiger partial charge on any atom is -0.462 e. The quantitative estimate of drug-likeness (QED) is 0.397. The van der Waals surface area contributed by atoms with Gasteiger partial charge in [-0.05, 0) is 6.92 Å². The molecular weight excluding hydrogens is 118 g/mol. The first kappa shape index (κ1) is 8.43. The summed E-state index contributed by atoms with van der Waals surface area (Å²) >= 11 is 0. The summed E-state index contributed by atoms with van der Waals surface area (Å²) in [5, 5.41) is 0. The van der Waals surface area contributed by atoms with Gasteiger partial charge in [0, 0.05) is 0 Å². The lowest BCUT2D eigenvalue weighted by atomic mass is 10.6. The Morgan fingerprint density at radius 2 is 2.11 bits per heavy atom. The number of carbonyl (C=O) groups excluding carboxylic acids is 1. The number of carbonyl (C=O) groups is 1. The van der Waals surface area contributed by atoms with Crippen LogP contribution in [-0.2, 0) is 9.53 Å². The highest BCUT2D eigenvalue weighted by molar-refractivity contribution is 5.71. The van der Waals surface area contributed by atoms with Crippen LogP contribution in [0.4, 0.5) is 0 Å². The Hall–Kier alpha value is -0.570. The van der Waals surface area contributed by atoms with E-state index in [2.05, 4.69) is 4.74 Å². The predicted molar refractivity (Wildman–Crippen MR) is 35.5 cm³/mol. The van der Waals surface area contributed by atoms with Gasteiger partial charge in [0.1, 0.15) is 14.1 Å². The fraction of sp³-hybridized carbons (Fsp3) is 0.833. The van der Waals surface area contributed by atoms with Crippen molar-refractivity contribution in [3.05, 3.63) is 0 Å². The van der Waals surface area contributed by atoms with Gasteiger partial charge in [0.25, 0.3) is 0 Å². The maximum atomic E-state index is 10.6. The molecule has 0 N–H and O–H groups in total. The van der Waals surface area contributed by atoms with Gasteiger partial charge in [0.15, 0.2) is 0 Å². The molecule has 0 spiro atoms. The number of hydrogen-bond donors (Lipinski definition) is 0. The van der Waals surface area contributed by atoms with E-state index in [-0.39, 0.29) is 5.97 Å². The largest absolute Gasteiger partial charge is 0.462 e. The molecule has 53 valence electrons. The second kappa shape index (κ2) is 4.32. The molecule has 0 rings (SSSR count). The highest BCUT2D eigenvalue weighted by Gasteiger charge is 2.08. The van der Waals surface area contributed by atoms with Crippen molar-refractivity contribution in [3.8, 4) is 0 Å². The van der Waals surface area contributed by atoms with Crippen molar-refractivity contribution in [2.24, 2.45) is 0 Å². The Labute approximate surface area is 55.6 Å². The van der Waals surface area contributed by atoms with Gasteiger partial charge >= 0.3 is 5.97 Å². The van der Waals surface area contributed by atoms with Gasteiger partial charge in [-0.2, -0.15) is 4.90 Å². The van der Waals surface area contributed by atoms with Crippen molar-refractivity contribution in [1.82, 2.24) is 4.90 Å². The highest BCUT2D eigenvalue weighted by Crippen LogP contribution is 1.77. The number of ether oxygens (including phenoxy) is 1. The molecule has 0 aliphatic heterocycles. The predicted octanol–water partition coefficient (Wildman–Crippen LogP) is -0.0508. The van der Waals surface area contributed by atoms with Crippen LogP contribution >= 0.6 is 0 Å². The van der Waals surface area contributed by atoms with Crippen LogP contribution in [0.25, 0.3) is 0 Å². The van der Waals surface area contributed by atoms with Crippen molar-refractivity contribution in [2.45, 2.75) is 6.92 Å². The number of likely N-dealkylation sites (N-methyl/N-ethyl adjacent to an activating group) is 1. The van der Waals surface area contributed by atoms with Crippen LogP contribution < -0.4 is 4.90 Å². The summed E-state index contributed by atoms with van der Waals surface area (Å²) in [7, 11) is 3.66. The van der Waals surface area contributed by atoms with Crippen LogP contribution in [-0.4, -0.2) is 33.2 Å². The molecule has 1 radical (unpaired) electrons. The van der Waals surface area contributed by atoms with E-state index >= 15 is 0 Å². The van der Waals surface area contributed by atoms with E-state index in [1.165, 1.54) is 0 Å². The van der Waals surface area contributed by atoms with Crippen molar-refractivity contribution >= 4 is 5.97 Å². The van der Waals surface area contributed by atoms with E-state index in [9.17, 15) is 4.79 Å². The first-order valence-corrected chi connectivity index (χ1v) is 2.97. The third kappa shape index (κ3) is 5.30. The third-order valence-corrected chi connectivity index (χ3v) is 0.751. The van der Waals surface area contributed by atoms with Crippen LogP contribution in [0.2, 0.25) is 0 Å². The highest BCUT2D eigenvalue weighted by atomic mass is 16.5. The molecule has 0 unspecified atom stereocenters. The Bertz CT molecular complexity index is 91.1. The molecule has 0 aromatic rings. The molecule has 0 heterocycles. The Kier molecular flexibility index (Phi) is 4.05. The van der Waals surface area contributed by atoms with Crippen LogP contribution in [0, 0.1) is 0 Å². The molecule has 0 atom stereocenters. The minimum atomic E-state index is -0.164. The molecule has 0 saturated carbocycles. The average molecular weight is 131 g/mol. The molecule has 9 heavy (non-hydrogen) atoms. The van der Waals surface area contributed by atoms with Crippen molar-refractivity contribution in [2.75, 3.05) is 27.2 Å². The standard InChI is InChI=1S/C6H13NO2/c1-4-9-6(8)5-7(2)3/h4-5H2,1-3H3/q+1. The summed E-state index contributed by atoms with van der Waals surface area (Å²) in [6, 6.07) is 0. The number of rotatable bonds is 3.